The van der Waals surface area contributed by atoms with E-state index >= 15 is 0 Å². The van der Waals surface area contributed by atoms with Gasteiger partial charge < -0.3 is 15.4 Å². The van der Waals surface area contributed by atoms with Crippen LogP contribution in [0.5, 0.6) is 5.75 Å². The Morgan fingerprint density at radius 1 is 0.972 bits per heavy atom. The summed E-state index contributed by atoms with van der Waals surface area (Å²) in [6.07, 6.45) is 5.65. The van der Waals surface area contributed by atoms with Gasteiger partial charge in [0.05, 0.1) is 24.2 Å². The Morgan fingerprint density at radius 3 is 2.53 bits per heavy atom. The van der Waals surface area contributed by atoms with E-state index < -0.39 is 0 Å². The maximum Gasteiger partial charge on any atom is 0.236 e. The topological polar surface area (TPSA) is 93.3 Å². The summed E-state index contributed by atoms with van der Waals surface area (Å²) in [6.45, 7) is 4.14. The van der Waals surface area contributed by atoms with Crippen LogP contribution in [-0.2, 0) is 0 Å². The van der Waals surface area contributed by atoms with Crippen molar-refractivity contribution in [1.29, 1.82) is 0 Å². The number of piperidine rings is 1. The molecule has 4 aromatic rings. The first-order chi connectivity index (χ1) is 17.5. The van der Waals surface area contributed by atoms with Gasteiger partial charge in [-0.2, -0.15) is 4.98 Å². The zero-order valence-electron chi connectivity index (χ0n) is 20.9. The van der Waals surface area contributed by atoms with Crippen LogP contribution >= 0.6 is 0 Å². The fourth-order valence-corrected chi connectivity index (χ4v) is 4.75. The van der Waals surface area contributed by atoms with Crippen molar-refractivity contribution in [3.8, 4) is 17.1 Å². The predicted molar refractivity (Wildman–Crippen MR) is 143 cm³/mol. The number of anilines is 4. The van der Waals surface area contributed by atoms with Crippen LogP contribution in [0.2, 0.25) is 0 Å². The van der Waals surface area contributed by atoms with Crippen molar-refractivity contribution in [1.82, 2.24) is 24.8 Å². The monoisotopic (exact) mass is 481 g/mol. The Hall–Kier alpha value is -4.04. The second kappa shape index (κ2) is 10.3. The maximum absolute atomic E-state index is 6.08. The average Bonchev–Trinajstić information content (AvgIpc) is 2.90. The fourth-order valence-electron chi connectivity index (χ4n) is 4.75. The number of nitrogens with two attached hydrogens (primary N) is 1. The van der Waals surface area contributed by atoms with Gasteiger partial charge in [0.15, 0.2) is 0 Å². The van der Waals surface area contributed by atoms with Gasteiger partial charge in [-0.05, 0) is 87.8 Å². The van der Waals surface area contributed by atoms with E-state index in [2.05, 4.69) is 45.1 Å². The summed E-state index contributed by atoms with van der Waals surface area (Å²) < 4.78 is 5.91. The molecule has 1 fully saturated rings. The van der Waals surface area contributed by atoms with Gasteiger partial charge in [0.2, 0.25) is 5.95 Å². The summed E-state index contributed by atoms with van der Waals surface area (Å²) in [4.78, 5) is 22.9. The molecular formula is C28H31N7O. The number of hydrogen-bond acceptors (Lipinski definition) is 8. The number of ether oxygens (including phenoxy) is 1. The number of aryl methyl sites for hydroxylation is 1. The molecule has 0 radical (unpaired) electrons. The lowest BCUT2D eigenvalue weighted by atomic mass is 9.88. The van der Waals surface area contributed by atoms with Crippen LogP contribution in [0.1, 0.15) is 30.0 Å². The van der Waals surface area contributed by atoms with Gasteiger partial charge in [-0.15, -0.1) is 0 Å². The molecule has 1 saturated heterocycles. The van der Waals surface area contributed by atoms with Crippen LogP contribution in [0.15, 0.2) is 67.0 Å². The molecule has 2 N–H and O–H groups in total. The Kier molecular flexibility index (Phi) is 6.77. The third kappa shape index (κ3) is 4.85. The molecule has 5 rings (SSSR count). The molecule has 36 heavy (non-hydrogen) atoms. The molecule has 0 saturated carbocycles. The minimum atomic E-state index is 0.388. The van der Waals surface area contributed by atoms with Crippen molar-refractivity contribution in [2.45, 2.75) is 25.7 Å². The molecular weight excluding hydrogens is 450 g/mol. The lowest BCUT2D eigenvalue weighted by Gasteiger charge is -2.31. The number of rotatable bonds is 6. The van der Waals surface area contributed by atoms with Crippen LogP contribution in [0.25, 0.3) is 11.4 Å². The highest BCUT2D eigenvalue weighted by Gasteiger charge is 2.25. The minimum Gasteiger partial charge on any atom is -0.496 e. The number of aromatic nitrogens is 4. The zero-order chi connectivity index (χ0) is 25.1. The molecule has 0 spiro atoms. The minimum absolute atomic E-state index is 0.388. The summed E-state index contributed by atoms with van der Waals surface area (Å²) in [5.74, 6) is 2.16. The van der Waals surface area contributed by atoms with E-state index in [-0.39, 0.29) is 0 Å². The lowest BCUT2D eigenvalue weighted by molar-refractivity contribution is 0.252. The quantitative estimate of drug-likeness (QED) is 0.406. The third-order valence-corrected chi connectivity index (χ3v) is 6.66. The molecule has 0 aliphatic carbocycles. The van der Waals surface area contributed by atoms with Crippen LogP contribution in [0.3, 0.4) is 0 Å². The van der Waals surface area contributed by atoms with Crippen LogP contribution in [0.4, 0.5) is 23.1 Å². The Balaban J connectivity index is 1.66. The first-order valence-electron chi connectivity index (χ1n) is 12.2. The maximum atomic E-state index is 6.08. The molecule has 0 unspecified atom stereocenters. The second-order valence-electron chi connectivity index (χ2n) is 9.16. The van der Waals surface area contributed by atoms with Crippen molar-refractivity contribution in [2.24, 2.45) is 0 Å². The van der Waals surface area contributed by atoms with Crippen molar-refractivity contribution in [2.75, 3.05) is 37.9 Å². The van der Waals surface area contributed by atoms with Gasteiger partial charge in [-0.1, -0.05) is 12.1 Å². The highest BCUT2D eigenvalue weighted by molar-refractivity contribution is 5.83. The molecule has 0 bridgehead atoms. The average molecular weight is 482 g/mol. The van der Waals surface area contributed by atoms with Crippen LogP contribution < -0.4 is 15.4 Å². The molecule has 8 heteroatoms. The SMILES string of the molecule is COc1cc(N(c2nccc(N)n2)c2ccc(C)nc2-c2ccccn2)ccc1C1CCN(C)CC1. The molecule has 1 aliphatic rings. The van der Waals surface area contributed by atoms with E-state index in [1.807, 2.05) is 42.2 Å². The Labute approximate surface area is 211 Å². The summed E-state index contributed by atoms with van der Waals surface area (Å²) in [7, 11) is 3.90. The summed E-state index contributed by atoms with van der Waals surface area (Å²) in [6, 6.07) is 17.8. The normalized spacial score (nSPS) is 14.5. The molecule has 8 nitrogen and oxygen atoms in total. The van der Waals surface area contributed by atoms with E-state index in [0.29, 0.717) is 17.7 Å². The molecule has 3 aromatic heterocycles. The number of methoxy groups -OCH3 is 1. The highest BCUT2D eigenvalue weighted by Crippen LogP contribution is 2.42. The van der Waals surface area contributed by atoms with E-state index in [1.165, 1.54) is 5.56 Å². The van der Waals surface area contributed by atoms with Gasteiger partial charge in [0.1, 0.15) is 17.3 Å². The number of nitrogen functional groups attached to an aromatic ring is 1. The van der Waals surface area contributed by atoms with E-state index in [9.17, 15) is 0 Å². The lowest BCUT2D eigenvalue weighted by Crippen LogP contribution is -2.29. The summed E-state index contributed by atoms with van der Waals surface area (Å²) >= 11 is 0. The highest BCUT2D eigenvalue weighted by atomic mass is 16.5. The van der Waals surface area contributed by atoms with E-state index in [1.54, 1.807) is 25.6 Å². The van der Waals surface area contributed by atoms with Gasteiger partial charge in [-0.3, -0.25) is 9.88 Å². The van der Waals surface area contributed by atoms with Crippen molar-refractivity contribution >= 4 is 23.1 Å². The molecule has 1 aliphatic heterocycles. The number of hydrogen-bond donors (Lipinski definition) is 1. The largest absolute Gasteiger partial charge is 0.496 e. The molecule has 184 valence electrons. The van der Waals surface area contributed by atoms with Crippen molar-refractivity contribution in [3.05, 3.63) is 78.2 Å². The van der Waals surface area contributed by atoms with E-state index in [4.69, 9.17) is 15.5 Å². The zero-order valence-corrected chi connectivity index (χ0v) is 20.9. The number of nitrogens with zero attached hydrogens (tertiary/aromatic N) is 6. The van der Waals surface area contributed by atoms with E-state index in [0.717, 1.165) is 60.1 Å². The van der Waals surface area contributed by atoms with Crippen molar-refractivity contribution < 1.29 is 4.74 Å². The van der Waals surface area contributed by atoms with Gasteiger partial charge in [0, 0.05) is 24.2 Å². The Bertz CT molecular complexity index is 1340. The predicted octanol–water partition coefficient (Wildman–Crippen LogP) is 5.11. The van der Waals surface area contributed by atoms with Gasteiger partial charge in [0.25, 0.3) is 0 Å². The summed E-state index contributed by atoms with van der Waals surface area (Å²) in [5.41, 5.74) is 11.4. The molecule has 4 heterocycles. The number of benzene rings is 1. The number of pyridine rings is 2. The van der Waals surface area contributed by atoms with Crippen LogP contribution in [-0.4, -0.2) is 52.1 Å². The number of likely N-dealkylation sites (tertiary alicyclic amines) is 1. The first kappa shape index (κ1) is 23.7. The smallest absolute Gasteiger partial charge is 0.236 e. The standard InChI is InChI=1S/C28H31N7O/c1-19-7-10-24(27(32-19)23-6-4-5-14-30-23)35(28-31-15-11-26(29)33-28)21-8-9-22(25(18-21)36-3)20-12-16-34(2)17-13-20/h4-11,14-15,18,20H,12-13,16-17H2,1-3H3,(H2,29,31,33). The first-order valence-corrected chi connectivity index (χ1v) is 12.2. The molecule has 0 amide bonds. The third-order valence-electron chi connectivity index (χ3n) is 6.66. The van der Waals surface area contributed by atoms with Gasteiger partial charge in [-0.25, -0.2) is 9.97 Å². The van der Waals surface area contributed by atoms with Crippen molar-refractivity contribution in [3.63, 3.8) is 0 Å². The van der Waals surface area contributed by atoms with Gasteiger partial charge >= 0.3 is 0 Å². The summed E-state index contributed by atoms with van der Waals surface area (Å²) in [5, 5.41) is 0. The molecule has 0 atom stereocenters. The van der Waals surface area contributed by atoms with Crippen LogP contribution in [0, 0.1) is 6.92 Å². The fraction of sp³-hybridized carbons (Fsp3) is 0.286. The second-order valence-corrected chi connectivity index (χ2v) is 9.16. The molecule has 1 aromatic carbocycles. The Morgan fingerprint density at radius 2 is 1.81 bits per heavy atom.